The van der Waals surface area contributed by atoms with Gasteiger partial charge in [0, 0.05) is 28.9 Å². The second kappa shape index (κ2) is 8.96. The fourth-order valence-corrected chi connectivity index (χ4v) is 3.76. The van der Waals surface area contributed by atoms with Crippen LogP contribution >= 0.6 is 11.6 Å². The van der Waals surface area contributed by atoms with Crippen molar-refractivity contribution in [1.82, 2.24) is 4.90 Å². The Morgan fingerprint density at radius 1 is 1.03 bits per heavy atom. The number of anilines is 2. The summed E-state index contributed by atoms with van der Waals surface area (Å²) in [5, 5.41) is 7.03. The zero-order valence-corrected chi connectivity index (χ0v) is 18.7. The maximum absolute atomic E-state index is 12.9. The third kappa shape index (κ3) is 4.66. The molecule has 0 fully saturated rings. The molecular formula is C26H26ClN3O. The second-order valence-electron chi connectivity index (χ2n) is 8.09. The molecule has 0 bridgehead atoms. The van der Waals surface area contributed by atoms with Crippen LogP contribution in [0, 0.1) is 0 Å². The Hall–Kier alpha value is -3.08. The molecule has 0 unspecified atom stereocenters. The monoisotopic (exact) mass is 431 g/mol. The van der Waals surface area contributed by atoms with Crippen molar-refractivity contribution in [2.24, 2.45) is 0 Å². The molecule has 3 aromatic rings. The number of fused-ring (bicyclic) bond motifs is 1. The molecule has 0 saturated carbocycles. The lowest BCUT2D eigenvalue weighted by atomic mass is 10.00. The molecule has 158 valence electrons. The first-order valence-electron chi connectivity index (χ1n) is 10.4. The molecule has 2 N–H and O–H groups in total. The molecule has 3 aromatic carbocycles. The average molecular weight is 432 g/mol. The highest BCUT2D eigenvalue weighted by atomic mass is 35.5. The van der Waals surface area contributed by atoms with Crippen LogP contribution in [0.25, 0.3) is 11.3 Å². The number of hydrogen-bond acceptors (Lipinski definition) is 3. The summed E-state index contributed by atoms with van der Waals surface area (Å²) in [6.45, 7) is 5.26. The number of nitrogens with zero attached hydrogens (tertiary/aromatic N) is 1. The lowest BCUT2D eigenvalue weighted by Crippen LogP contribution is -2.25. The fourth-order valence-electron chi connectivity index (χ4n) is 3.59. The Kier molecular flexibility index (Phi) is 6.12. The van der Waals surface area contributed by atoms with Crippen molar-refractivity contribution < 1.29 is 4.79 Å². The van der Waals surface area contributed by atoms with Gasteiger partial charge in [0.15, 0.2) is 0 Å². The molecule has 1 aliphatic rings. The summed E-state index contributed by atoms with van der Waals surface area (Å²) in [7, 11) is 2.12. The smallest absolute Gasteiger partial charge is 0.258 e. The van der Waals surface area contributed by atoms with Gasteiger partial charge in [0.05, 0.1) is 17.0 Å². The lowest BCUT2D eigenvalue weighted by molar-refractivity contribution is -0.110. The quantitative estimate of drug-likeness (QED) is 0.462. The Morgan fingerprint density at radius 3 is 2.42 bits per heavy atom. The summed E-state index contributed by atoms with van der Waals surface area (Å²) in [5.74, 6) is -0.140. The van der Waals surface area contributed by atoms with E-state index in [2.05, 4.69) is 60.7 Å². The number of carbonyl (C=O) groups is 1. The zero-order valence-electron chi connectivity index (χ0n) is 17.9. The number of carbonyl (C=O) groups excluding carboxylic acids is 1. The number of rotatable bonds is 6. The van der Waals surface area contributed by atoms with Gasteiger partial charge in [-0.1, -0.05) is 60.1 Å². The Balaban J connectivity index is 1.72. The van der Waals surface area contributed by atoms with Crippen molar-refractivity contribution in [3.8, 4) is 0 Å². The van der Waals surface area contributed by atoms with Crippen LogP contribution in [0.15, 0.2) is 72.8 Å². The Bertz CT molecular complexity index is 1120. The molecule has 4 rings (SSSR count). The van der Waals surface area contributed by atoms with Gasteiger partial charge in [-0.25, -0.2) is 0 Å². The van der Waals surface area contributed by atoms with Crippen LogP contribution in [0.5, 0.6) is 0 Å². The second-order valence-corrected chi connectivity index (χ2v) is 8.53. The van der Waals surface area contributed by atoms with Gasteiger partial charge < -0.3 is 10.6 Å². The largest absolute Gasteiger partial charge is 0.354 e. The Morgan fingerprint density at radius 2 is 1.74 bits per heavy atom. The maximum Gasteiger partial charge on any atom is 0.258 e. The minimum absolute atomic E-state index is 0.140. The van der Waals surface area contributed by atoms with Gasteiger partial charge in [0.2, 0.25) is 0 Å². The summed E-state index contributed by atoms with van der Waals surface area (Å²) in [4.78, 5) is 15.2. The van der Waals surface area contributed by atoms with Gasteiger partial charge >= 0.3 is 0 Å². The van der Waals surface area contributed by atoms with E-state index in [1.807, 2.05) is 42.5 Å². The zero-order chi connectivity index (χ0) is 22.0. The minimum Gasteiger partial charge on any atom is -0.354 e. The first-order chi connectivity index (χ1) is 14.9. The topological polar surface area (TPSA) is 44.4 Å². The van der Waals surface area contributed by atoms with E-state index in [4.69, 9.17) is 11.6 Å². The SMILES string of the molecule is CC(C)N(C)Cc1ccc(N/C(=C2\C(=O)Nc3cc(Cl)ccc32)c2ccccc2)cc1. The maximum atomic E-state index is 12.9. The van der Waals surface area contributed by atoms with E-state index < -0.39 is 0 Å². The number of amides is 1. The summed E-state index contributed by atoms with van der Waals surface area (Å²) < 4.78 is 0. The van der Waals surface area contributed by atoms with Gasteiger partial charge in [0.1, 0.15) is 0 Å². The normalized spacial score (nSPS) is 14.6. The highest BCUT2D eigenvalue weighted by Crippen LogP contribution is 2.38. The van der Waals surface area contributed by atoms with Crippen LogP contribution in [-0.4, -0.2) is 23.9 Å². The average Bonchev–Trinajstić information content (AvgIpc) is 3.08. The molecule has 0 aliphatic carbocycles. The number of halogens is 1. The van der Waals surface area contributed by atoms with Gasteiger partial charge in [-0.05, 0) is 56.3 Å². The summed E-state index contributed by atoms with van der Waals surface area (Å²) in [6, 6.07) is 24.2. The van der Waals surface area contributed by atoms with Crippen LogP contribution < -0.4 is 10.6 Å². The third-order valence-electron chi connectivity index (χ3n) is 5.58. The van der Waals surface area contributed by atoms with Crippen molar-refractivity contribution in [3.05, 3.63) is 94.5 Å². The number of hydrogen-bond donors (Lipinski definition) is 2. The van der Waals surface area contributed by atoms with Crippen LogP contribution in [0.3, 0.4) is 0 Å². The van der Waals surface area contributed by atoms with E-state index in [1.165, 1.54) is 5.56 Å². The molecule has 0 saturated heterocycles. The summed E-state index contributed by atoms with van der Waals surface area (Å²) in [5.41, 5.74) is 6.07. The van der Waals surface area contributed by atoms with Crippen molar-refractivity contribution in [2.45, 2.75) is 26.4 Å². The van der Waals surface area contributed by atoms with Crippen molar-refractivity contribution in [3.63, 3.8) is 0 Å². The molecule has 1 amide bonds. The van der Waals surface area contributed by atoms with Gasteiger partial charge in [-0.3, -0.25) is 9.69 Å². The molecular weight excluding hydrogens is 406 g/mol. The standard InChI is InChI=1S/C26H26ClN3O/c1-17(2)30(3)16-18-9-12-21(13-10-18)28-25(19-7-5-4-6-8-19)24-22-14-11-20(27)15-23(22)29-26(24)31/h4-15,17,28H,16H2,1-3H3,(H,29,31)/b25-24-. The predicted octanol–water partition coefficient (Wildman–Crippen LogP) is 6.11. The van der Waals surface area contributed by atoms with Crippen LogP contribution in [0.1, 0.15) is 30.5 Å². The van der Waals surface area contributed by atoms with Gasteiger partial charge in [-0.15, -0.1) is 0 Å². The molecule has 5 heteroatoms. The first-order valence-corrected chi connectivity index (χ1v) is 10.8. The van der Waals surface area contributed by atoms with E-state index in [1.54, 1.807) is 6.07 Å². The van der Waals surface area contributed by atoms with Crippen LogP contribution in [0.2, 0.25) is 5.02 Å². The van der Waals surface area contributed by atoms with Crippen LogP contribution in [0.4, 0.5) is 11.4 Å². The first kappa shape index (κ1) is 21.2. The molecule has 0 aromatic heterocycles. The molecule has 31 heavy (non-hydrogen) atoms. The van der Waals surface area contributed by atoms with E-state index in [-0.39, 0.29) is 5.91 Å². The van der Waals surface area contributed by atoms with E-state index in [0.29, 0.717) is 16.6 Å². The van der Waals surface area contributed by atoms with E-state index in [0.717, 1.165) is 34.7 Å². The van der Waals surface area contributed by atoms with E-state index in [9.17, 15) is 4.79 Å². The minimum atomic E-state index is -0.140. The summed E-state index contributed by atoms with van der Waals surface area (Å²) in [6.07, 6.45) is 0. The van der Waals surface area contributed by atoms with Crippen molar-refractivity contribution >= 4 is 40.2 Å². The lowest BCUT2D eigenvalue weighted by Gasteiger charge is -2.21. The number of benzene rings is 3. The molecule has 4 nitrogen and oxygen atoms in total. The van der Waals surface area contributed by atoms with Crippen molar-refractivity contribution in [2.75, 3.05) is 17.7 Å². The highest BCUT2D eigenvalue weighted by Gasteiger charge is 2.28. The Labute approximate surface area is 188 Å². The predicted molar refractivity (Wildman–Crippen MR) is 130 cm³/mol. The molecule has 1 heterocycles. The molecule has 0 atom stereocenters. The summed E-state index contributed by atoms with van der Waals surface area (Å²) >= 11 is 6.13. The highest BCUT2D eigenvalue weighted by molar-refractivity contribution is 6.38. The van der Waals surface area contributed by atoms with Gasteiger partial charge in [-0.2, -0.15) is 0 Å². The van der Waals surface area contributed by atoms with E-state index >= 15 is 0 Å². The van der Waals surface area contributed by atoms with Gasteiger partial charge in [0.25, 0.3) is 5.91 Å². The number of nitrogens with one attached hydrogen (secondary N) is 2. The molecule has 0 radical (unpaired) electrons. The molecule has 0 spiro atoms. The van der Waals surface area contributed by atoms with Crippen molar-refractivity contribution in [1.29, 1.82) is 0 Å². The third-order valence-corrected chi connectivity index (χ3v) is 5.81. The fraction of sp³-hybridized carbons (Fsp3) is 0.192. The van der Waals surface area contributed by atoms with Crippen LogP contribution in [-0.2, 0) is 11.3 Å². The molecule has 1 aliphatic heterocycles.